The summed E-state index contributed by atoms with van der Waals surface area (Å²) in [5, 5.41) is 6.99. The van der Waals surface area contributed by atoms with Crippen molar-refractivity contribution in [3.05, 3.63) is 65.4 Å². The minimum absolute atomic E-state index is 0.159. The quantitative estimate of drug-likeness (QED) is 0.309. The van der Waals surface area contributed by atoms with Crippen LogP contribution in [0.5, 0.6) is 17.5 Å². The van der Waals surface area contributed by atoms with E-state index in [9.17, 15) is 4.79 Å². The normalized spacial score (nSPS) is 15.0. The molecule has 3 heterocycles. The smallest absolute Gasteiger partial charge is 0.336 e. The number of ether oxygens (including phenoxy) is 3. The number of carbonyl (C=O) groups is 1. The van der Waals surface area contributed by atoms with Gasteiger partial charge in [-0.1, -0.05) is 37.6 Å². The number of anilines is 2. The van der Waals surface area contributed by atoms with Crippen molar-refractivity contribution in [2.45, 2.75) is 52.2 Å². The summed E-state index contributed by atoms with van der Waals surface area (Å²) in [5.74, 6) is 2.23. The molecule has 0 atom stereocenters. The Bertz CT molecular complexity index is 1230. The second kappa shape index (κ2) is 12.9. The van der Waals surface area contributed by atoms with Gasteiger partial charge in [0.1, 0.15) is 17.2 Å². The van der Waals surface area contributed by atoms with Gasteiger partial charge in [-0.15, -0.1) is 0 Å². The van der Waals surface area contributed by atoms with Crippen LogP contribution >= 0.6 is 0 Å². The van der Waals surface area contributed by atoms with Crippen molar-refractivity contribution in [3.8, 4) is 17.5 Å². The van der Waals surface area contributed by atoms with Crippen LogP contribution in [0.4, 0.5) is 16.3 Å². The Morgan fingerprint density at radius 2 is 1.50 bits per heavy atom. The summed E-state index contributed by atoms with van der Waals surface area (Å²) in [6, 6.07) is 16.1. The highest BCUT2D eigenvalue weighted by molar-refractivity contribution is 5.95. The van der Waals surface area contributed by atoms with Gasteiger partial charge in [-0.25, -0.2) is 9.80 Å². The maximum absolute atomic E-state index is 13.3. The first-order valence-electron chi connectivity index (χ1n) is 14.0. The molecule has 0 radical (unpaired) electrons. The molecule has 5 rings (SSSR count). The van der Waals surface area contributed by atoms with Crippen LogP contribution in [0, 0.1) is 0 Å². The van der Waals surface area contributed by atoms with Gasteiger partial charge in [-0.3, -0.25) is 5.01 Å². The molecular formula is C30H38N6O4. The number of urea groups is 1. The monoisotopic (exact) mass is 546 g/mol. The molecule has 0 unspecified atom stereocenters. The number of aromatic nitrogens is 2. The van der Waals surface area contributed by atoms with Gasteiger partial charge in [0, 0.05) is 26.2 Å². The molecule has 0 spiro atoms. The minimum Gasteiger partial charge on any atom is -0.497 e. The largest absolute Gasteiger partial charge is 0.497 e. The van der Waals surface area contributed by atoms with Crippen LogP contribution in [-0.2, 0) is 19.6 Å². The second-order valence-electron chi connectivity index (χ2n) is 10.1. The summed E-state index contributed by atoms with van der Waals surface area (Å²) >= 11 is 0. The Kier molecular flexibility index (Phi) is 8.85. The van der Waals surface area contributed by atoms with Crippen LogP contribution in [0.25, 0.3) is 0 Å². The van der Waals surface area contributed by atoms with Crippen molar-refractivity contribution < 1.29 is 19.0 Å². The Morgan fingerprint density at radius 3 is 2.05 bits per heavy atom. The molecule has 2 aromatic carbocycles. The molecule has 0 bridgehead atoms. The van der Waals surface area contributed by atoms with Gasteiger partial charge in [-0.2, -0.15) is 9.97 Å². The van der Waals surface area contributed by atoms with Crippen LogP contribution in [0.3, 0.4) is 0 Å². The molecule has 10 nitrogen and oxygen atoms in total. The molecule has 1 aromatic heterocycles. The van der Waals surface area contributed by atoms with Crippen molar-refractivity contribution in [1.29, 1.82) is 0 Å². The van der Waals surface area contributed by atoms with E-state index in [1.165, 1.54) is 0 Å². The molecule has 1 saturated heterocycles. The van der Waals surface area contributed by atoms with E-state index in [1.807, 2.05) is 48.5 Å². The summed E-state index contributed by atoms with van der Waals surface area (Å²) < 4.78 is 16.7. The average molecular weight is 547 g/mol. The number of nitrogens with zero attached hydrogens (tertiary/aromatic N) is 5. The predicted molar refractivity (Wildman–Crippen MR) is 154 cm³/mol. The molecule has 2 aliphatic heterocycles. The molecule has 1 N–H and O–H groups in total. The third-order valence-corrected chi connectivity index (χ3v) is 7.23. The van der Waals surface area contributed by atoms with E-state index in [2.05, 4.69) is 22.1 Å². The summed E-state index contributed by atoms with van der Waals surface area (Å²) in [5.41, 5.74) is 3.54. The van der Waals surface area contributed by atoms with Gasteiger partial charge in [0.05, 0.1) is 33.1 Å². The van der Waals surface area contributed by atoms with E-state index in [1.54, 1.807) is 19.2 Å². The van der Waals surface area contributed by atoms with Crippen molar-refractivity contribution in [2.24, 2.45) is 0 Å². The zero-order chi connectivity index (χ0) is 27.9. The first-order valence-corrected chi connectivity index (χ1v) is 14.0. The van der Waals surface area contributed by atoms with Crippen molar-refractivity contribution >= 4 is 17.5 Å². The van der Waals surface area contributed by atoms with Gasteiger partial charge in [-0.05, 0) is 54.7 Å². The lowest BCUT2D eigenvalue weighted by molar-refractivity contribution is 0.0324. The number of carbonyl (C=O) groups excluding carboxylic acids is 1. The first kappa shape index (κ1) is 27.5. The molecule has 2 aliphatic rings. The van der Waals surface area contributed by atoms with Gasteiger partial charge in [0.2, 0.25) is 0 Å². The number of nitrogens with one attached hydrogen (secondary N) is 1. The van der Waals surface area contributed by atoms with E-state index in [0.717, 1.165) is 67.1 Å². The number of rotatable bonds is 12. The van der Waals surface area contributed by atoms with Gasteiger partial charge >= 0.3 is 12.0 Å². The number of hydrogen-bond acceptors (Lipinski definition) is 8. The zero-order valence-electron chi connectivity index (χ0n) is 23.6. The fourth-order valence-corrected chi connectivity index (χ4v) is 4.98. The SMILES string of the molecule is CCCCOc1nc2c(c(N(Cc3ccc(OC)cc3)Cc3ccc(OC)cc3)n1)NC(=O)N(N1CCCC1)C2. The highest BCUT2D eigenvalue weighted by Crippen LogP contribution is 2.36. The minimum atomic E-state index is -0.159. The highest BCUT2D eigenvalue weighted by atomic mass is 16.5. The average Bonchev–Trinajstić information content (AvgIpc) is 3.52. The third-order valence-electron chi connectivity index (χ3n) is 7.23. The molecular weight excluding hydrogens is 508 g/mol. The van der Waals surface area contributed by atoms with E-state index < -0.39 is 0 Å². The van der Waals surface area contributed by atoms with Crippen LogP contribution in [-0.4, -0.2) is 59.9 Å². The number of amides is 2. The molecule has 3 aromatic rings. The third kappa shape index (κ3) is 6.39. The van der Waals surface area contributed by atoms with Gasteiger partial charge in [0.15, 0.2) is 5.82 Å². The zero-order valence-corrected chi connectivity index (χ0v) is 23.6. The summed E-state index contributed by atoms with van der Waals surface area (Å²) in [4.78, 5) is 25.1. The molecule has 212 valence electrons. The Balaban J connectivity index is 1.53. The molecule has 40 heavy (non-hydrogen) atoms. The molecule has 0 aliphatic carbocycles. The predicted octanol–water partition coefficient (Wildman–Crippen LogP) is 5.24. The van der Waals surface area contributed by atoms with Crippen LogP contribution in [0.15, 0.2) is 48.5 Å². The van der Waals surface area contributed by atoms with E-state index >= 15 is 0 Å². The maximum Gasteiger partial charge on any atom is 0.336 e. The molecule has 2 amide bonds. The lowest BCUT2D eigenvalue weighted by atomic mass is 10.1. The number of benzene rings is 2. The highest BCUT2D eigenvalue weighted by Gasteiger charge is 2.34. The summed E-state index contributed by atoms with van der Waals surface area (Å²) in [6.07, 6.45) is 4.08. The fraction of sp³-hybridized carbons (Fsp3) is 0.433. The lowest BCUT2D eigenvalue weighted by Crippen LogP contribution is -2.49. The van der Waals surface area contributed by atoms with Gasteiger partial charge in [0.25, 0.3) is 0 Å². The first-order chi connectivity index (χ1) is 19.6. The lowest BCUT2D eigenvalue weighted by Gasteiger charge is -2.37. The molecule has 1 fully saturated rings. The standard InChI is InChI=1S/C30H38N6O4/c1-4-5-18-40-29-31-26-21-36(35-16-6-7-17-35)30(37)32-27(26)28(33-29)34(19-22-8-12-24(38-2)13-9-22)20-23-10-14-25(39-3)15-11-23/h8-15H,4-7,16-21H2,1-3H3,(H,32,37). The Labute approximate surface area is 235 Å². The fourth-order valence-electron chi connectivity index (χ4n) is 4.98. The van der Waals surface area contributed by atoms with Crippen LogP contribution < -0.4 is 24.4 Å². The summed E-state index contributed by atoms with van der Waals surface area (Å²) in [7, 11) is 3.32. The van der Waals surface area contributed by atoms with Crippen molar-refractivity contribution in [3.63, 3.8) is 0 Å². The second-order valence-corrected chi connectivity index (χ2v) is 10.1. The number of hydrogen-bond donors (Lipinski definition) is 1. The Hall–Kier alpha value is -4.05. The van der Waals surface area contributed by atoms with E-state index in [0.29, 0.717) is 43.8 Å². The van der Waals surface area contributed by atoms with Crippen LogP contribution in [0.1, 0.15) is 49.4 Å². The van der Waals surface area contributed by atoms with Crippen molar-refractivity contribution in [2.75, 3.05) is 44.1 Å². The topological polar surface area (TPSA) is 92.3 Å². The van der Waals surface area contributed by atoms with E-state index in [-0.39, 0.29) is 6.03 Å². The number of hydrazine groups is 1. The number of methoxy groups -OCH3 is 2. The van der Waals surface area contributed by atoms with E-state index in [4.69, 9.17) is 24.2 Å². The van der Waals surface area contributed by atoms with Gasteiger partial charge < -0.3 is 24.4 Å². The Morgan fingerprint density at radius 1 is 0.900 bits per heavy atom. The molecule has 10 heteroatoms. The number of unbranched alkanes of at least 4 members (excludes halogenated alkanes) is 1. The summed E-state index contributed by atoms with van der Waals surface area (Å²) in [6.45, 7) is 5.87. The van der Waals surface area contributed by atoms with Crippen molar-refractivity contribution in [1.82, 2.24) is 20.0 Å². The maximum atomic E-state index is 13.3. The number of fused-ring (bicyclic) bond motifs is 1. The van der Waals surface area contributed by atoms with Crippen LogP contribution in [0.2, 0.25) is 0 Å². The molecule has 0 saturated carbocycles.